The van der Waals surface area contributed by atoms with Crippen LogP contribution in [0, 0.1) is 17.8 Å². The molecule has 1 aliphatic carbocycles. The quantitative estimate of drug-likeness (QED) is 0.338. The summed E-state index contributed by atoms with van der Waals surface area (Å²) in [6.45, 7) is 14.0. The van der Waals surface area contributed by atoms with Gasteiger partial charge in [-0.1, -0.05) is 26.5 Å². The molecule has 6 aliphatic rings. The van der Waals surface area contributed by atoms with E-state index in [9.17, 15) is 24.9 Å². The van der Waals surface area contributed by atoms with Gasteiger partial charge in [-0.3, -0.25) is 9.59 Å². The van der Waals surface area contributed by atoms with Crippen LogP contribution in [0.5, 0.6) is 0 Å². The maximum absolute atomic E-state index is 12.7. The van der Waals surface area contributed by atoms with E-state index in [1.807, 2.05) is 45.9 Å². The van der Waals surface area contributed by atoms with Gasteiger partial charge >= 0.3 is 63.3 Å². The first kappa shape index (κ1) is 32.2. The van der Waals surface area contributed by atoms with Crippen molar-refractivity contribution in [1.82, 2.24) is 5.32 Å². The van der Waals surface area contributed by atoms with Crippen LogP contribution >= 0.6 is 0 Å². The first-order chi connectivity index (χ1) is 20.5. The molecule has 4 N–H and O–H groups in total. The number of fused-ring (bicyclic) bond motifs is 5. The number of rotatable bonds is 6. The van der Waals surface area contributed by atoms with E-state index in [2.05, 4.69) is 18.8 Å². The maximum atomic E-state index is 12.7. The summed E-state index contributed by atoms with van der Waals surface area (Å²) in [5.74, 6) is -4.23. The van der Waals surface area contributed by atoms with Crippen molar-refractivity contribution in [3.8, 4) is 0 Å². The molecule has 5 aliphatic heterocycles. The summed E-state index contributed by atoms with van der Waals surface area (Å²) in [4.78, 5) is 39.2. The zero-order valence-corrected chi connectivity index (χ0v) is 29.0. The Labute approximate surface area is 298 Å². The SMILES string of the molecule is C=CC1=C(C)C2=NC1=CC1=NC(=CC3=C(C)C4=C(O)C(C(=O)O)C(=C5NC(=C2)C(C)C5CCC(=O)O)C4=N3)C(CC)=C1C.[K+]. The Hall–Kier alpha value is -3.15. The summed E-state index contributed by atoms with van der Waals surface area (Å²) < 4.78 is 0. The van der Waals surface area contributed by atoms with Crippen molar-refractivity contribution < 1.29 is 76.3 Å². The fourth-order valence-electron chi connectivity index (χ4n) is 6.95. The van der Waals surface area contributed by atoms with E-state index in [-0.39, 0.29) is 81.8 Å². The van der Waals surface area contributed by atoms with Crippen LogP contribution in [-0.2, 0) is 9.59 Å². The van der Waals surface area contributed by atoms with Gasteiger partial charge < -0.3 is 20.6 Å². The molecule has 0 aromatic rings. The molecule has 5 heterocycles. The second kappa shape index (κ2) is 12.0. The Morgan fingerprint density at radius 2 is 1.68 bits per heavy atom. The molecule has 6 rings (SSSR count). The number of aliphatic imine (C=N–C) groups is 3. The number of carbonyl (C=O) groups is 2. The van der Waals surface area contributed by atoms with Gasteiger partial charge in [0.1, 0.15) is 11.7 Å². The molecule has 0 radical (unpaired) electrons. The van der Waals surface area contributed by atoms with Crippen LogP contribution in [0.1, 0.15) is 53.9 Å². The molecule has 0 aromatic heterocycles. The van der Waals surface area contributed by atoms with Gasteiger partial charge in [0.2, 0.25) is 0 Å². The van der Waals surface area contributed by atoms with Crippen LogP contribution in [0.25, 0.3) is 0 Å². The third kappa shape index (κ3) is 4.97. The van der Waals surface area contributed by atoms with Gasteiger partial charge in [0, 0.05) is 46.4 Å². The van der Waals surface area contributed by atoms with Gasteiger partial charge in [0.15, 0.2) is 0 Å². The Bertz CT molecular complexity index is 1800. The largest absolute Gasteiger partial charge is 1.00 e. The Kier molecular flexibility index (Phi) is 8.78. The number of hydrogen-bond donors (Lipinski definition) is 4. The van der Waals surface area contributed by atoms with E-state index in [1.54, 1.807) is 6.08 Å². The number of aliphatic hydroxyl groups is 1. The summed E-state index contributed by atoms with van der Waals surface area (Å²) in [5.41, 5.74) is 10.8. The molecule has 0 aromatic carbocycles. The fourth-order valence-corrected chi connectivity index (χ4v) is 6.95. The number of hydrogen-bond acceptors (Lipinski definition) is 7. The van der Waals surface area contributed by atoms with Gasteiger partial charge in [-0.2, -0.15) is 0 Å². The summed E-state index contributed by atoms with van der Waals surface area (Å²) >= 11 is 0. The standard InChI is InChI=1S/C34H34N4O5.K/c1-7-18-14(3)21-11-23-16(5)20(9-10-27(39)40)31(37-23)29-30(34(42)43)33(41)28-17(6)24(38-32(28)29)13-26-19(8-2)15(4)22(36-26)12-25(18)35-21;/h7,11-13,16,20,30,37,41H,1,8-10H2,2-6H3,(H,39,40)(H,42,43);/q;+1. The predicted molar refractivity (Wildman–Crippen MR) is 166 cm³/mol. The Morgan fingerprint density at radius 3 is 2.32 bits per heavy atom. The molecule has 8 bridgehead atoms. The van der Waals surface area contributed by atoms with Gasteiger partial charge in [0.25, 0.3) is 0 Å². The molecule has 1 fully saturated rings. The Balaban J connectivity index is 0.00000384. The van der Waals surface area contributed by atoms with Crippen molar-refractivity contribution in [3.05, 3.63) is 104 Å². The third-order valence-electron chi connectivity index (χ3n) is 9.34. The van der Waals surface area contributed by atoms with Crippen molar-refractivity contribution in [3.63, 3.8) is 0 Å². The van der Waals surface area contributed by atoms with Crippen molar-refractivity contribution in [1.29, 1.82) is 0 Å². The molecule has 1 saturated heterocycles. The number of nitrogens with one attached hydrogen (secondary N) is 1. The summed E-state index contributed by atoms with van der Waals surface area (Å²) in [6, 6.07) is 0. The predicted octanol–water partition coefficient (Wildman–Crippen LogP) is 3.02. The van der Waals surface area contributed by atoms with Crippen LogP contribution in [0.2, 0.25) is 0 Å². The maximum Gasteiger partial charge on any atom is 1.00 e. The van der Waals surface area contributed by atoms with E-state index in [0.29, 0.717) is 33.8 Å². The molecule has 0 amide bonds. The van der Waals surface area contributed by atoms with Crippen LogP contribution in [-0.4, -0.2) is 44.4 Å². The first-order valence-corrected chi connectivity index (χ1v) is 14.5. The van der Waals surface area contributed by atoms with Crippen molar-refractivity contribution in [2.24, 2.45) is 32.7 Å². The zero-order chi connectivity index (χ0) is 30.9. The van der Waals surface area contributed by atoms with Gasteiger partial charge in [-0.25, -0.2) is 15.0 Å². The first-order valence-electron chi connectivity index (χ1n) is 14.5. The third-order valence-corrected chi connectivity index (χ3v) is 9.34. The average molecular weight is 618 g/mol. The summed E-state index contributed by atoms with van der Waals surface area (Å²) in [5, 5.41) is 34.7. The smallest absolute Gasteiger partial charge is 0.510 e. The molecule has 0 spiro atoms. The Morgan fingerprint density at radius 1 is 1.00 bits per heavy atom. The normalized spacial score (nSPS) is 25.4. The number of aliphatic carboxylic acids is 2. The topological polar surface area (TPSA) is 144 Å². The van der Waals surface area contributed by atoms with Gasteiger partial charge in [-0.05, 0) is 74.1 Å². The zero-order valence-electron chi connectivity index (χ0n) is 25.9. The molecule has 44 heavy (non-hydrogen) atoms. The molecular weight excluding hydrogens is 583 g/mol. The monoisotopic (exact) mass is 617 g/mol. The molecule has 0 saturated carbocycles. The summed E-state index contributed by atoms with van der Waals surface area (Å²) in [7, 11) is 0. The van der Waals surface area contributed by atoms with E-state index >= 15 is 0 Å². The van der Waals surface area contributed by atoms with Crippen molar-refractivity contribution in [2.75, 3.05) is 0 Å². The van der Waals surface area contributed by atoms with E-state index in [1.165, 1.54) is 0 Å². The minimum absolute atomic E-state index is 0. The molecular formula is C34H34KN4O5+. The second-order valence-electron chi connectivity index (χ2n) is 11.6. The molecule has 3 atom stereocenters. The van der Waals surface area contributed by atoms with Gasteiger partial charge in [-0.15, -0.1) is 0 Å². The molecule has 10 heteroatoms. The van der Waals surface area contributed by atoms with Crippen LogP contribution in [0.4, 0.5) is 0 Å². The molecule has 220 valence electrons. The van der Waals surface area contributed by atoms with Crippen LogP contribution < -0.4 is 56.7 Å². The minimum Gasteiger partial charge on any atom is -0.510 e. The van der Waals surface area contributed by atoms with Crippen LogP contribution in [0.15, 0.2) is 119 Å². The molecule has 9 nitrogen and oxygen atoms in total. The summed E-state index contributed by atoms with van der Waals surface area (Å²) in [6.07, 6.45) is 8.56. The molecule has 3 unspecified atom stereocenters. The van der Waals surface area contributed by atoms with E-state index in [0.717, 1.165) is 57.2 Å². The second-order valence-corrected chi connectivity index (χ2v) is 11.6. The minimum atomic E-state index is -1.32. The van der Waals surface area contributed by atoms with Crippen LogP contribution in [0.3, 0.4) is 0 Å². The number of carboxylic acid groups (broad SMARTS) is 2. The number of allylic oxidation sites excluding steroid dienone is 11. The van der Waals surface area contributed by atoms with Crippen molar-refractivity contribution >= 4 is 29.1 Å². The number of carboxylic acids is 2. The average Bonchev–Trinajstić information content (AvgIpc) is 3.68. The van der Waals surface area contributed by atoms with E-state index < -0.39 is 17.9 Å². The number of nitrogens with zero attached hydrogens (tertiary/aromatic N) is 3. The number of aliphatic hydroxyl groups excluding tert-OH is 1. The van der Waals surface area contributed by atoms with Crippen molar-refractivity contribution in [2.45, 2.75) is 53.9 Å². The van der Waals surface area contributed by atoms with E-state index in [4.69, 9.17) is 15.0 Å². The van der Waals surface area contributed by atoms with Gasteiger partial charge in [0.05, 0.1) is 34.2 Å². The fraction of sp³-hybridized carbons (Fsp3) is 0.324.